The van der Waals surface area contributed by atoms with E-state index in [4.69, 9.17) is 15.0 Å². The van der Waals surface area contributed by atoms with E-state index in [9.17, 15) is 0 Å². The first-order chi connectivity index (χ1) is 20.8. The Kier molecular flexibility index (Phi) is 5.13. The van der Waals surface area contributed by atoms with E-state index in [0.29, 0.717) is 17.5 Å². The molecular formula is C38H23N3S. The highest BCUT2D eigenvalue weighted by Crippen LogP contribution is 2.43. The number of rotatable bonds is 3. The Labute approximate surface area is 246 Å². The first kappa shape index (κ1) is 23.5. The van der Waals surface area contributed by atoms with Crippen molar-refractivity contribution in [2.75, 3.05) is 0 Å². The minimum Gasteiger partial charge on any atom is -0.208 e. The van der Waals surface area contributed by atoms with E-state index < -0.39 is 0 Å². The summed E-state index contributed by atoms with van der Waals surface area (Å²) in [5, 5.41) is 5.05. The van der Waals surface area contributed by atoms with Gasteiger partial charge in [0.25, 0.3) is 0 Å². The number of benzene rings is 6. The summed E-state index contributed by atoms with van der Waals surface area (Å²) in [7, 11) is 0. The first-order valence-electron chi connectivity index (χ1n) is 14.2. The third-order valence-electron chi connectivity index (χ3n) is 8.37. The van der Waals surface area contributed by atoms with Crippen molar-refractivity contribution in [3.05, 3.63) is 139 Å². The summed E-state index contributed by atoms with van der Waals surface area (Å²) in [5.74, 6) is 2.07. The quantitative estimate of drug-likeness (QED) is 0.218. The Balaban J connectivity index is 1.24. The van der Waals surface area contributed by atoms with Crippen molar-refractivity contribution in [2.24, 2.45) is 0 Å². The highest BCUT2D eigenvalue weighted by atomic mass is 32.1. The van der Waals surface area contributed by atoms with Crippen molar-refractivity contribution < 1.29 is 0 Å². The lowest BCUT2D eigenvalue weighted by atomic mass is 9.99. The van der Waals surface area contributed by atoms with Crippen LogP contribution in [0.3, 0.4) is 0 Å². The largest absolute Gasteiger partial charge is 0.208 e. The van der Waals surface area contributed by atoms with Crippen LogP contribution in [0.1, 0.15) is 11.1 Å². The number of fused-ring (bicyclic) bond motifs is 8. The summed E-state index contributed by atoms with van der Waals surface area (Å²) in [6.45, 7) is 0. The number of hydrogen-bond donors (Lipinski definition) is 0. The molecule has 196 valence electrons. The number of nitrogens with zero attached hydrogens (tertiary/aromatic N) is 3. The van der Waals surface area contributed by atoms with Crippen LogP contribution in [0, 0.1) is 0 Å². The third kappa shape index (κ3) is 3.62. The van der Waals surface area contributed by atoms with Gasteiger partial charge in [-0.3, -0.25) is 0 Å². The molecule has 0 saturated heterocycles. The maximum absolute atomic E-state index is 5.14. The lowest BCUT2D eigenvalue weighted by Gasteiger charge is -2.10. The number of thiophene rings is 1. The maximum Gasteiger partial charge on any atom is 0.164 e. The molecular weight excluding hydrogens is 531 g/mol. The van der Waals surface area contributed by atoms with Crippen LogP contribution in [0.25, 0.3) is 76.2 Å². The Morgan fingerprint density at radius 2 is 1.19 bits per heavy atom. The van der Waals surface area contributed by atoms with Gasteiger partial charge in [-0.15, -0.1) is 11.3 Å². The average molecular weight is 554 g/mol. The summed E-state index contributed by atoms with van der Waals surface area (Å²) in [6, 6.07) is 45.1. The summed E-state index contributed by atoms with van der Waals surface area (Å²) in [5.41, 5.74) is 8.36. The molecule has 42 heavy (non-hydrogen) atoms. The van der Waals surface area contributed by atoms with E-state index >= 15 is 0 Å². The Bertz CT molecular complexity index is 2340. The Morgan fingerprint density at radius 3 is 2.10 bits per heavy atom. The molecule has 0 unspecified atom stereocenters. The van der Waals surface area contributed by atoms with Crippen molar-refractivity contribution in [3.8, 4) is 45.3 Å². The third-order valence-corrected chi connectivity index (χ3v) is 9.51. The minimum atomic E-state index is 0.682. The van der Waals surface area contributed by atoms with Gasteiger partial charge in [-0.25, -0.2) is 15.0 Å². The van der Waals surface area contributed by atoms with Crippen LogP contribution in [0.5, 0.6) is 0 Å². The molecule has 0 N–H and O–H groups in total. The van der Waals surface area contributed by atoms with E-state index in [2.05, 4.69) is 109 Å². The van der Waals surface area contributed by atoms with Crippen LogP contribution in [0.4, 0.5) is 0 Å². The molecule has 0 fully saturated rings. The van der Waals surface area contributed by atoms with Gasteiger partial charge in [0.2, 0.25) is 0 Å². The zero-order valence-corrected chi connectivity index (χ0v) is 23.4. The van der Waals surface area contributed by atoms with E-state index in [1.807, 2.05) is 29.5 Å². The Morgan fingerprint density at radius 1 is 0.476 bits per heavy atom. The fraction of sp³-hybridized carbons (Fsp3) is 0.0263. The average Bonchev–Trinajstić information content (AvgIpc) is 3.63. The molecule has 2 aromatic heterocycles. The van der Waals surface area contributed by atoms with Gasteiger partial charge in [0.1, 0.15) is 0 Å². The van der Waals surface area contributed by atoms with Crippen molar-refractivity contribution >= 4 is 42.3 Å². The highest BCUT2D eigenvalue weighted by molar-refractivity contribution is 7.25. The summed E-state index contributed by atoms with van der Waals surface area (Å²) >= 11 is 1.81. The Hall–Kier alpha value is -5.19. The van der Waals surface area contributed by atoms with Gasteiger partial charge in [-0.05, 0) is 57.6 Å². The molecule has 1 aliphatic carbocycles. The van der Waals surface area contributed by atoms with E-state index in [-0.39, 0.29) is 0 Å². The number of hydrogen-bond acceptors (Lipinski definition) is 4. The van der Waals surface area contributed by atoms with Crippen LogP contribution >= 0.6 is 11.3 Å². The van der Waals surface area contributed by atoms with Crippen LogP contribution in [0.2, 0.25) is 0 Å². The van der Waals surface area contributed by atoms with Crippen LogP contribution in [-0.2, 0) is 6.42 Å². The molecule has 0 atom stereocenters. The fourth-order valence-electron chi connectivity index (χ4n) is 6.41. The predicted molar refractivity (Wildman–Crippen MR) is 175 cm³/mol. The molecule has 6 aromatic carbocycles. The molecule has 3 nitrogen and oxygen atoms in total. The summed E-state index contributed by atoms with van der Waals surface area (Å²) < 4.78 is 2.50. The second-order valence-corrected chi connectivity index (χ2v) is 11.9. The number of aromatic nitrogens is 3. The zero-order valence-electron chi connectivity index (χ0n) is 22.6. The first-order valence-corrected chi connectivity index (χ1v) is 15.0. The van der Waals surface area contributed by atoms with Crippen LogP contribution in [-0.4, -0.2) is 15.0 Å². The molecule has 1 aliphatic rings. The topological polar surface area (TPSA) is 38.7 Å². The van der Waals surface area contributed by atoms with E-state index in [1.165, 1.54) is 53.2 Å². The van der Waals surface area contributed by atoms with Gasteiger partial charge < -0.3 is 0 Å². The molecule has 2 heterocycles. The molecule has 0 aliphatic heterocycles. The monoisotopic (exact) mass is 553 g/mol. The van der Waals surface area contributed by atoms with E-state index in [0.717, 1.165) is 23.1 Å². The lowest BCUT2D eigenvalue weighted by Crippen LogP contribution is -2.00. The second kappa shape index (κ2) is 9.16. The SMILES string of the molecule is c1ccc(-c2nc(-c3ccc4c(c3)Cc3c-4ccc4ccccc34)nc(-c3cccc4sc5ccccc5c34)n2)cc1. The molecule has 0 amide bonds. The molecule has 9 rings (SSSR count). The fourth-order valence-corrected chi connectivity index (χ4v) is 7.55. The van der Waals surface area contributed by atoms with Crippen molar-refractivity contribution in [1.29, 1.82) is 0 Å². The minimum absolute atomic E-state index is 0.682. The van der Waals surface area contributed by atoms with Gasteiger partial charge in [0.05, 0.1) is 0 Å². The van der Waals surface area contributed by atoms with Crippen LogP contribution < -0.4 is 0 Å². The van der Waals surface area contributed by atoms with Gasteiger partial charge in [-0.1, -0.05) is 109 Å². The molecule has 0 saturated carbocycles. The van der Waals surface area contributed by atoms with Gasteiger partial charge in [0, 0.05) is 36.9 Å². The van der Waals surface area contributed by atoms with Crippen molar-refractivity contribution in [1.82, 2.24) is 15.0 Å². The molecule has 0 spiro atoms. The molecule has 0 radical (unpaired) electrons. The summed E-state index contributed by atoms with van der Waals surface area (Å²) in [6.07, 6.45) is 0.906. The molecule has 4 heteroatoms. The smallest absolute Gasteiger partial charge is 0.164 e. The van der Waals surface area contributed by atoms with Crippen molar-refractivity contribution in [2.45, 2.75) is 6.42 Å². The molecule has 0 bridgehead atoms. The highest BCUT2D eigenvalue weighted by Gasteiger charge is 2.22. The predicted octanol–water partition coefficient (Wildman–Crippen LogP) is 9.96. The zero-order chi connectivity index (χ0) is 27.6. The van der Waals surface area contributed by atoms with Gasteiger partial charge in [0.15, 0.2) is 17.5 Å². The maximum atomic E-state index is 5.14. The van der Waals surface area contributed by atoms with Gasteiger partial charge >= 0.3 is 0 Å². The second-order valence-electron chi connectivity index (χ2n) is 10.8. The van der Waals surface area contributed by atoms with E-state index in [1.54, 1.807) is 0 Å². The normalized spacial score (nSPS) is 12.2. The molecule has 8 aromatic rings. The standard InChI is InChI=1S/C38H23N3S/c1-2-10-24(11-3-1)36-39-37(41-38(40-36)31-14-8-16-34-35(31)30-13-6-7-15-33(30)42-34)25-18-19-28-26(21-25)22-32-27-12-5-4-9-23(27)17-20-29(28)32/h1-21H,22H2. The summed E-state index contributed by atoms with van der Waals surface area (Å²) in [4.78, 5) is 15.2. The van der Waals surface area contributed by atoms with Gasteiger partial charge in [-0.2, -0.15) is 0 Å². The van der Waals surface area contributed by atoms with Crippen LogP contribution in [0.15, 0.2) is 127 Å². The lowest BCUT2D eigenvalue weighted by molar-refractivity contribution is 1.07. The van der Waals surface area contributed by atoms with Crippen molar-refractivity contribution in [3.63, 3.8) is 0 Å².